The molecule has 0 radical (unpaired) electrons. The average Bonchev–Trinajstić information content (AvgIpc) is 2.87. The lowest BCUT2D eigenvalue weighted by Gasteiger charge is -2.09. The van der Waals surface area contributed by atoms with Crippen LogP contribution in [0.3, 0.4) is 0 Å². The summed E-state index contributed by atoms with van der Waals surface area (Å²) in [6, 6.07) is 1.70. The molecule has 1 aromatic heterocycles. The quantitative estimate of drug-likeness (QED) is 0.567. The monoisotopic (exact) mass is 325 g/mol. The topological polar surface area (TPSA) is 87.3 Å². The summed E-state index contributed by atoms with van der Waals surface area (Å²) >= 11 is 1.42. The van der Waals surface area contributed by atoms with Crippen LogP contribution in [0.5, 0.6) is 0 Å². The first-order chi connectivity index (χ1) is 10.4. The van der Waals surface area contributed by atoms with Crippen LogP contribution in [0.1, 0.15) is 54.2 Å². The van der Waals surface area contributed by atoms with Gasteiger partial charge in [-0.05, 0) is 38.3 Å². The molecule has 0 aliphatic rings. The van der Waals surface area contributed by atoms with Crippen LogP contribution >= 0.6 is 11.3 Å². The van der Waals surface area contributed by atoms with E-state index in [9.17, 15) is 14.4 Å². The van der Waals surface area contributed by atoms with Crippen LogP contribution in [0.25, 0.3) is 0 Å². The smallest absolute Gasteiger partial charge is 0.327 e. The van der Waals surface area contributed by atoms with Crippen molar-refractivity contribution in [2.75, 3.05) is 0 Å². The molecule has 0 fully saturated rings. The molecule has 0 saturated carbocycles. The van der Waals surface area contributed by atoms with E-state index in [0.29, 0.717) is 4.88 Å². The second-order valence-corrected chi connectivity index (χ2v) is 6.34. The van der Waals surface area contributed by atoms with Crippen molar-refractivity contribution in [2.24, 2.45) is 0 Å². The lowest BCUT2D eigenvalue weighted by Crippen LogP contribution is -2.49. The van der Waals surface area contributed by atoms with E-state index in [1.54, 1.807) is 13.8 Å². The Labute approximate surface area is 134 Å². The fourth-order valence-corrected chi connectivity index (χ4v) is 3.13. The molecule has 3 amide bonds. The number of amides is 3. The normalized spacial score (nSPS) is 10.4. The van der Waals surface area contributed by atoms with Crippen LogP contribution in [-0.4, -0.2) is 23.8 Å². The molecule has 7 heteroatoms. The number of aryl methyl sites for hydroxylation is 2. The summed E-state index contributed by atoms with van der Waals surface area (Å²) in [4.78, 5) is 36.7. The maximum absolute atomic E-state index is 12.0. The maximum Gasteiger partial charge on any atom is 0.327 e. The van der Waals surface area contributed by atoms with Gasteiger partial charge in [0.15, 0.2) is 0 Å². The third kappa shape index (κ3) is 5.14. The Morgan fingerprint density at radius 3 is 2.36 bits per heavy atom. The number of thiophene rings is 1. The number of carbonyl (C=O) groups is 3. The van der Waals surface area contributed by atoms with Crippen molar-refractivity contribution in [1.82, 2.24) is 16.2 Å². The fraction of sp³-hybridized carbons (Fsp3) is 0.533. The molecule has 6 nitrogen and oxygen atoms in total. The van der Waals surface area contributed by atoms with E-state index in [-0.39, 0.29) is 6.04 Å². The molecule has 1 rings (SSSR count). The van der Waals surface area contributed by atoms with E-state index in [0.717, 1.165) is 24.8 Å². The number of hydrazine groups is 1. The number of nitrogens with one attached hydrogen (secondary N) is 3. The van der Waals surface area contributed by atoms with Gasteiger partial charge in [-0.3, -0.25) is 25.2 Å². The largest absolute Gasteiger partial charge is 0.346 e. The predicted octanol–water partition coefficient (Wildman–Crippen LogP) is 1.55. The van der Waals surface area contributed by atoms with E-state index in [4.69, 9.17) is 0 Å². The summed E-state index contributed by atoms with van der Waals surface area (Å²) in [6.45, 7) is 7.63. The zero-order valence-electron chi connectivity index (χ0n) is 13.4. The Bertz CT molecular complexity index is 552. The molecule has 0 aromatic carbocycles. The predicted molar refractivity (Wildman–Crippen MR) is 86.6 cm³/mol. The van der Waals surface area contributed by atoms with Gasteiger partial charge in [0.05, 0.1) is 4.88 Å². The first-order valence-corrected chi connectivity index (χ1v) is 8.23. The number of rotatable bonds is 5. The second-order valence-electron chi connectivity index (χ2n) is 5.20. The number of hydrogen-bond acceptors (Lipinski definition) is 4. The third-order valence-electron chi connectivity index (χ3n) is 2.89. The number of hydrogen-bond donors (Lipinski definition) is 3. The van der Waals surface area contributed by atoms with Crippen molar-refractivity contribution in [2.45, 2.75) is 53.0 Å². The highest BCUT2D eigenvalue weighted by Gasteiger charge is 2.17. The highest BCUT2D eigenvalue weighted by Crippen LogP contribution is 2.24. The van der Waals surface area contributed by atoms with Crippen LogP contribution in [0.2, 0.25) is 0 Å². The van der Waals surface area contributed by atoms with E-state index < -0.39 is 17.7 Å². The maximum atomic E-state index is 12.0. The summed E-state index contributed by atoms with van der Waals surface area (Å²) in [5, 5.41) is 2.45. The molecule has 0 bridgehead atoms. The van der Waals surface area contributed by atoms with Crippen molar-refractivity contribution < 1.29 is 14.4 Å². The molecule has 0 saturated heterocycles. The van der Waals surface area contributed by atoms with Gasteiger partial charge < -0.3 is 5.32 Å². The molecule has 1 aromatic rings. The molecule has 0 spiro atoms. The van der Waals surface area contributed by atoms with E-state index in [1.807, 2.05) is 13.0 Å². The summed E-state index contributed by atoms with van der Waals surface area (Å²) in [5.74, 6) is -2.07. The van der Waals surface area contributed by atoms with Crippen LogP contribution < -0.4 is 16.2 Å². The Kier molecular flexibility index (Phi) is 7.04. The zero-order valence-corrected chi connectivity index (χ0v) is 14.2. The standard InChI is InChI=1S/C15H23N3O3S/c1-5-7-11-10(6-2)8-12(22-11)13(19)17-18-15(21)14(20)16-9(3)4/h8-9H,5-7H2,1-4H3,(H,16,20)(H,17,19)(H,18,21). The van der Waals surface area contributed by atoms with Gasteiger partial charge in [-0.25, -0.2) is 0 Å². The lowest BCUT2D eigenvalue weighted by molar-refractivity contribution is -0.139. The van der Waals surface area contributed by atoms with Gasteiger partial charge in [-0.1, -0.05) is 20.3 Å². The summed E-state index contributed by atoms with van der Waals surface area (Å²) in [7, 11) is 0. The molecule has 0 atom stereocenters. The Balaban J connectivity index is 2.62. The first kappa shape index (κ1) is 18.2. The highest BCUT2D eigenvalue weighted by molar-refractivity contribution is 7.14. The van der Waals surface area contributed by atoms with Crippen molar-refractivity contribution >= 4 is 29.1 Å². The van der Waals surface area contributed by atoms with Crippen LogP contribution in [0.15, 0.2) is 6.07 Å². The Morgan fingerprint density at radius 2 is 1.82 bits per heavy atom. The third-order valence-corrected chi connectivity index (χ3v) is 4.13. The van der Waals surface area contributed by atoms with Gasteiger partial charge in [-0.15, -0.1) is 11.3 Å². The molecular formula is C15H23N3O3S. The molecular weight excluding hydrogens is 302 g/mol. The average molecular weight is 325 g/mol. The second kappa shape index (κ2) is 8.53. The highest BCUT2D eigenvalue weighted by atomic mass is 32.1. The minimum absolute atomic E-state index is 0.144. The van der Waals surface area contributed by atoms with E-state index in [1.165, 1.54) is 16.2 Å². The number of carbonyl (C=O) groups excluding carboxylic acids is 3. The molecule has 22 heavy (non-hydrogen) atoms. The van der Waals surface area contributed by atoms with Crippen molar-refractivity contribution in [3.63, 3.8) is 0 Å². The van der Waals surface area contributed by atoms with Crippen LogP contribution in [-0.2, 0) is 22.4 Å². The van der Waals surface area contributed by atoms with Crippen LogP contribution in [0.4, 0.5) is 0 Å². The van der Waals surface area contributed by atoms with Crippen molar-refractivity contribution in [3.05, 3.63) is 21.4 Å². The molecule has 1 heterocycles. The van der Waals surface area contributed by atoms with E-state index >= 15 is 0 Å². The SMILES string of the molecule is CCCc1sc(C(=O)NNC(=O)C(=O)NC(C)C)cc1CC. The van der Waals surface area contributed by atoms with E-state index in [2.05, 4.69) is 23.1 Å². The molecule has 122 valence electrons. The van der Waals surface area contributed by atoms with Gasteiger partial charge in [-0.2, -0.15) is 0 Å². The van der Waals surface area contributed by atoms with Crippen LogP contribution in [0, 0.1) is 0 Å². The minimum atomic E-state index is -0.886. The summed E-state index contributed by atoms with van der Waals surface area (Å²) in [5.41, 5.74) is 5.55. The Morgan fingerprint density at radius 1 is 1.14 bits per heavy atom. The molecule has 0 aliphatic carbocycles. The minimum Gasteiger partial charge on any atom is -0.346 e. The zero-order chi connectivity index (χ0) is 16.7. The summed E-state index contributed by atoms with van der Waals surface area (Å²) < 4.78 is 0. The molecule has 3 N–H and O–H groups in total. The summed E-state index contributed by atoms with van der Waals surface area (Å²) in [6.07, 6.45) is 2.81. The van der Waals surface area contributed by atoms with Gasteiger partial charge in [0.1, 0.15) is 0 Å². The molecule has 0 aliphatic heterocycles. The van der Waals surface area contributed by atoms with Crippen molar-refractivity contribution in [3.8, 4) is 0 Å². The van der Waals surface area contributed by atoms with Gasteiger partial charge in [0, 0.05) is 10.9 Å². The Hall–Kier alpha value is -1.89. The molecule has 0 unspecified atom stereocenters. The van der Waals surface area contributed by atoms with Gasteiger partial charge in [0.25, 0.3) is 5.91 Å². The van der Waals surface area contributed by atoms with Crippen molar-refractivity contribution in [1.29, 1.82) is 0 Å². The van der Waals surface area contributed by atoms with Gasteiger partial charge in [0.2, 0.25) is 0 Å². The van der Waals surface area contributed by atoms with Gasteiger partial charge >= 0.3 is 11.8 Å². The first-order valence-electron chi connectivity index (χ1n) is 7.41. The fourth-order valence-electron chi connectivity index (χ4n) is 1.88. The lowest BCUT2D eigenvalue weighted by atomic mass is 10.1.